The van der Waals surface area contributed by atoms with Gasteiger partial charge in [-0.15, -0.1) is 0 Å². The highest BCUT2D eigenvalue weighted by Gasteiger charge is 2.25. The van der Waals surface area contributed by atoms with Crippen LogP contribution in [0, 0.1) is 10.1 Å². The van der Waals surface area contributed by atoms with Gasteiger partial charge in [-0.2, -0.15) is 4.68 Å². The van der Waals surface area contributed by atoms with Crippen LogP contribution in [0.25, 0.3) is 0 Å². The molecule has 1 aromatic carbocycles. The Kier molecular flexibility index (Phi) is 6.83. The zero-order valence-electron chi connectivity index (χ0n) is 16.9. The Balaban J connectivity index is 1.83. The summed E-state index contributed by atoms with van der Waals surface area (Å²) in [7, 11) is 4.83. The van der Waals surface area contributed by atoms with Gasteiger partial charge in [-0.1, -0.05) is 6.07 Å². The van der Waals surface area contributed by atoms with Gasteiger partial charge in [-0.3, -0.25) is 4.90 Å². The molecule has 11 heteroatoms. The fourth-order valence-electron chi connectivity index (χ4n) is 3.25. The summed E-state index contributed by atoms with van der Waals surface area (Å²) in [6.07, 6.45) is 0. The van der Waals surface area contributed by atoms with Gasteiger partial charge >= 0.3 is 11.9 Å². The topological polar surface area (TPSA) is 108 Å². The Hall–Kier alpha value is -2.92. The number of ether oxygens (including phenoxy) is 3. The largest absolute Gasteiger partial charge is 0.493 e. The highest BCUT2D eigenvalue weighted by Crippen LogP contribution is 2.28. The Morgan fingerprint density at radius 2 is 1.97 bits per heavy atom. The zero-order chi connectivity index (χ0) is 20.8. The average molecular weight is 406 g/mol. The number of nitrogens with zero attached hydrogens (tertiary/aromatic N) is 6. The lowest BCUT2D eigenvalue weighted by Crippen LogP contribution is -2.41. The van der Waals surface area contributed by atoms with Crippen LogP contribution in [0.15, 0.2) is 18.2 Å². The van der Waals surface area contributed by atoms with Crippen molar-refractivity contribution in [2.24, 2.45) is 7.05 Å². The molecule has 0 unspecified atom stereocenters. The molecule has 11 nitrogen and oxygen atoms in total. The molecule has 1 aliphatic heterocycles. The molecule has 2 heterocycles. The maximum Gasteiger partial charge on any atom is 0.493 e. The van der Waals surface area contributed by atoms with Gasteiger partial charge in [-0.05, 0) is 27.6 Å². The van der Waals surface area contributed by atoms with E-state index in [-0.39, 0.29) is 0 Å². The molecule has 1 fully saturated rings. The molecule has 0 bridgehead atoms. The molecule has 1 aliphatic rings. The number of aromatic nitrogens is 3. The number of hydrogen-bond acceptors (Lipinski definition) is 9. The second kappa shape index (κ2) is 9.52. The minimum Gasteiger partial charge on any atom is -0.493 e. The normalized spacial score (nSPS) is 14.6. The van der Waals surface area contributed by atoms with Gasteiger partial charge in [0.25, 0.3) is 0 Å². The summed E-state index contributed by atoms with van der Waals surface area (Å²) in [5.41, 5.74) is 0.968. The molecule has 0 radical (unpaired) electrons. The Morgan fingerprint density at radius 1 is 1.24 bits per heavy atom. The Bertz CT molecular complexity index is 836. The summed E-state index contributed by atoms with van der Waals surface area (Å²) in [6.45, 7) is 5.08. The SMILES string of the molecule is COc1ccc(CN(CCN2CCOCC2)c2nc([N+](=O)[O-])nn2C)cc1OC. The third kappa shape index (κ3) is 5.12. The van der Waals surface area contributed by atoms with Crippen molar-refractivity contribution in [1.82, 2.24) is 19.7 Å². The smallest absolute Gasteiger partial charge is 0.493 e. The van der Waals surface area contributed by atoms with E-state index in [9.17, 15) is 10.1 Å². The average Bonchev–Trinajstić information content (AvgIpc) is 3.13. The molecular formula is C18H26N6O5. The summed E-state index contributed by atoms with van der Waals surface area (Å²) in [4.78, 5) is 18.9. The number of rotatable bonds is 9. The van der Waals surface area contributed by atoms with Crippen LogP contribution in [0.2, 0.25) is 0 Å². The zero-order valence-corrected chi connectivity index (χ0v) is 16.9. The minimum atomic E-state index is -0.583. The first-order chi connectivity index (χ1) is 14.0. The lowest BCUT2D eigenvalue weighted by molar-refractivity contribution is -0.394. The molecule has 3 rings (SSSR count). The van der Waals surface area contributed by atoms with Crippen molar-refractivity contribution < 1.29 is 19.1 Å². The molecule has 0 N–H and O–H groups in total. The summed E-state index contributed by atoms with van der Waals surface area (Å²) in [6, 6.07) is 5.67. The van der Waals surface area contributed by atoms with Crippen LogP contribution in [0.1, 0.15) is 5.56 Å². The maximum absolute atomic E-state index is 11.1. The lowest BCUT2D eigenvalue weighted by atomic mass is 10.2. The van der Waals surface area contributed by atoms with Gasteiger partial charge in [0.2, 0.25) is 0 Å². The number of anilines is 1. The molecule has 1 aromatic heterocycles. The molecule has 1 saturated heterocycles. The second-order valence-corrected chi connectivity index (χ2v) is 6.66. The minimum absolute atomic E-state index is 0.411. The van der Waals surface area contributed by atoms with Crippen molar-refractivity contribution in [1.29, 1.82) is 0 Å². The third-order valence-corrected chi connectivity index (χ3v) is 4.79. The fraction of sp³-hybridized carbons (Fsp3) is 0.556. The van der Waals surface area contributed by atoms with Gasteiger partial charge in [0.1, 0.15) is 0 Å². The van der Waals surface area contributed by atoms with Gasteiger partial charge in [0, 0.05) is 44.9 Å². The summed E-state index contributed by atoms with van der Waals surface area (Å²) in [5, 5.41) is 15.0. The molecule has 0 aliphatic carbocycles. The van der Waals surface area contributed by atoms with E-state index < -0.39 is 10.9 Å². The Morgan fingerprint density at radius 3 is 2.59 bits per heavy atom. The van der Waals surface area contributed by atoms with Gasteiger partial charge in [0.05, 0.1) is 27.4 Å². The van der Waals surface area contributed by atoms with E-state index in [2.05, 4.69) is 15.0 Å². The number of benzene rings is 1. The lowest BCUT2D eigenvalue weighted by Gasteiger charge is -2.29. The van der Waals surface area contributed by atoms with Crippen molar-refractivity contribution in [3.05, 3.63) is 33.9 Å². The first-order valence-corrected chi connectivity index (χ1v) is 9.33. The number of methoxy groups -OCH3 is 2. The standard InChI is InChI=1S/C18H26N6O5/c1-21-18(19-17(20-21)24(25)26)23(7-6-22-8-10-29-11-9-22)13-14-4-5-15(27-2)16(12-14)28-3/h4-5,12H,6-11,13H2,1-3H3. The number of morpholine rings is 1. The van der Waals surface area contributed by atoms with E-state index in [1.54, 1.807) is 21.3 Å². The van der Waals surface area contributed by atoms with E-state index in [0.29, 0.717) is 43.8 Å². The molecule has 0 amide bonds. The maximum atomic E-state index is 11.1. The highest BCUT2D eigenvalue weighted by atomic mass is 16.6. The number of aryl methyl sites for hydroxylation is 1. The molecule has 0 atom stereocenters. The van der Waals surface area contributed by atoms with Crippen molar-refractivity contribution in [3.63, 3.8) is 0 Å². The molecule has 0 saturated carbocycles. The van der Waals surface area contributed by atoms with E-state index in [4.69, 9.17) is 14.2 Å². The van der Waals surface area contributed by atoms with Crippen molar-refractivity contribution in [2.45, 2.75) is 6.54 Å². The summed E-state index contributed by atoms with van der Waals surface area (Å²) in [5.74, 6) is 1.30. The molecule has 2 aromatic rings. The predicted octanol–water partition coefficient (Wildman–Crippen LogP) is 1.08. The predicted molar refractivity (Wildman–Crippen MR) is 106 cm³/mol. The van der Waals surface area contributed by atoms with Crippen molar-refractivity contribution in [3.8, 4) is 11.5 Å². The van der Waals surface area contributed by atoms with Crippen LogP contribution in [0.4, 0.5) is 11.9 Å². The van der Waals surface area contributed by atoms with Gasteiger partial charge < -0.3 is 29.2 Å². The highest BCUT2D eigenvalue weighted by molar-refractivity contribution is 5.44. The van der Waals surface area contributed by atoms with Crippen LogP contribution >= 0.6 is 0 Å². The quantitative estimate of drug-likeness (QED) is 0.446. The van der Waals surface area contributed by atoms with E-state index in [1.165, 1.54) is 4.68 Å². The number of hydrogen-bond donors (Lipinski definition) is 0. The molecule has 158 valence electrons. The second-order valence-electron chi connectivity index (χ2n) is 6.66. The van der Waals surface area contributed by atoms with E-state index >= 15 is 0 Å². The van der Waals surface area contributed by atoms with Gasteiger partial charge in [0.15, 0.2) is 11.5 Å². The van der Waals surface area contributed by atoms with Crippen LogP contribution in [0.5, 0.6) is 11.5 Å². The molecule has 29 heavy (non-hydrogen) atoms. The van der Waals surface area contributed by atoms with Crippen LogP contribution in [-0.4, -0.2) is 78.2 Å². The first kappa shape index (κ1) is 20.8. The monoisotopic (exact) mass is 406 g/mol. The van der Waals surface area contributed by atoms with Gasteiger partial charge in [-0.25, -0.2) is 0 Å². The summed E-state index contributed by atoms with van der Waals surface area (Å²) >= 11 is 0. The van der Waals surface area contributed by atoms with E-state index in [0.717, 1.165) is 25.2 Å². The number of nitro groups is 1. The van der Waals surface area contributed by atoms with Crippen LogP contribution in [-0.2, 0) is 18.3 Å². The van der Waals surface area contributed by atoms with Crippen LogP contribution < -0.4 is 14.4 Å². The van der Waals surface area contributed by atoms with Crippen LogP contribution in [0.3, 0.4) is 0 Å². The fourth-order valence-corrected chi connectivity index (χ4v) is 3.25. The Labute approximate surface area is 168 Å². The molecule has 0 spiro atoms. The first-order valence-electron chi connectivity index (χ1n) is 9.33. The summed E-state index contributed by atoms with van der Waals surface area (Å²) < 4.78 is 17.5. The molecular weight excluding hydrogens is 380 g/mol. The van der Waals surface area contributed by atoms with Crippen molar-refractivity contribution in [2.75, 3.05) is 58.5 Å². The van der Waals surface area contributed by atoms with E-state index in [1.807, 2.05) is 23.1 Å². The van der Waals surface area contributed by atoms with Crippen molar-refractivity contribution >= 4 is 11.9 Å². The third-order valence-electron chi connectivity index (χ3n) is 4.79.